The van der Waals surface area contributed by atoms with Crippen molar-refractivity contribution in [3.63, 3.8) is 0 Å². The number of hydrogen-bond acceptors (Lipinski definition) is 5. The Morgan fingerprint density at radius 2 is 2.26 bits per heavy atom. The fourth-order valence-corrected chi connectivity index (χ4v) is 3.85. The van der Waals surface area contributed by atoms with Crippen LogP contribution < -0.4 is 10.1 Å². The highest BCUT2D eigenvalue weighted by molar-refractivity contribution is 7.99. The van der Waals surface area contributed by atoms with Crippen LogP contribution >= 0.6 is 11.8 Å². The second-order valence-electron chi connectivity index (χ2n) is 6.29. The van der Waals surface area contributed by atoms with Crippen molar-refractivity contribution < 1.29 is 14.3 Å². The third-order valence-corrected chi connectivity index (χ3v) is 5.43. The molecule has 1 unspecified atom stereocenters. The lowest BCUT2D eigenvalue weighted by Crippen LogP contribution is -2.25. The zero-order chi connectivity index (χ0) is 18.5. The molecule has 0 aliphatic carbocycles. The van der Waals surface area contributed by atoms with Gasteiger partial charge in [-0.25, -0.2) is 4.98 Å². The molecule has 6 nitrogen and oxygen atoms in total. The van der Waals surface area contributed by atoms with Crippen LogP contribution in [0.4, 0.5) is 0 Å². The normalized spacial score (nSPS) is 16.5. The monoisotopic (exact) mass is 383 g/mol. The molecule has 1 saturated heterocycles. The second kappa shape index (κ2) is 8.45. The van der Waals surface area contributed by atoms with Gasteiger partial charge in [-0.3, -0.25) is 4.79 Å². The maximum absolute atomic E-state index is 12.2. The Hall–Kier alpha value is -2.51. The molecule has 1 aromatic carbocycles. The summed E-state index contributed by atoms with van der Waals surface area (Å²) in [6, 6.07) is 11.7. The van der Waals surface area contributed by atoms with Gasteiger partial charge >= 0.3 is 0 Å². The number of nitrogens with zero attached hydrogens (tertiary/aromatic N) is 1. The van der Waals surface area contributed by atoms with E-state index in [4.69, 9.17) is 9.47 Å². The van der Waals surface area contributed by atoms with E-state index < -0.39 is 0 Å². The lowest BCUT2D eigenvalue weighted by Gasteiger charge is -2.11. The van der Waals surface area contributed by atoms with Crippen LogP contribution in [0.5, 0.6) is 5.88 Å². The molecule has 0 saturated carbocycles. The number of hydrogen-bond donors (Lipinski definition) is 2. The van der Waals surface area contributed by atoms with Crippen LogP contribution in [0, 0.1) is 0 Å². The fraction of sp³-hybridized carbons (Fsp3) is 0.300. The number of para-hydroxylation sites is 1. The molecule has 27 heavy (non-hydrogen) atoms. The minimum Gasteiger partial charge on any atom is -0.472 e. The van der Waals surface area contributed by atoms with Crippen LogP contribution in [0.2, 0.25) is 0 Å². The van der Waals surface area contributed by atoms with Crippen molar-refractivity contribution >= 4 is 28.6 Å². The molecule has 7 heteroatoms. The Morgan fingerprint density at radius 1 is 1.33 bits per heavy atom. The average molecular weight is 383 g/mol. The topological polar surface area (TPSA) is 76.2 Å². The zero-order valence-electron chi connectivity index (χ0n) is 14.8. The van der Waals surface area contributed by atoms with Crippen molar-refractivity contribution in [2.75, 3.05) is 25.5 Å². The third-order valence-electron chi connectivity index (χ3n) is 4.37. The standard InChI is InChI=1S/C20H21N3O3S/c24-20(14-5-6-19(23-11-14)26-15-7-9-25-13-15)21-8-10-27-18-12-22-17-4-2-1-3-16(17)18/h1-6,11-12,15,22H,7-10,13H2,(H,21,24). The van der Waals surface area contributed by atoms with Crippen molar-refractivity contribution in [3.05, 3.63) is 54.4 Å². The number of pyridine rings is 1. The maximum atomic E-state index is 12.2. The molecule has 2 aromatic heterocycles. The zero-order valence-corrected chi connectivity index (χ0v) is 15.6. The predicted octanol–water partition coefficient (Wildman–Crippen LogP) is 3.25. The SMILES string of the molecule is O=C(NCCSc1c[nH]c2ccccc12)c1ccc(OC2CCOC2)nc1. The number of thioether (sulfide) groups is 1. The first-order valence-corrected chi connectivity index (χ1v) is 9.96. The Kier molecular flexibility index (Phi) is 5.60. The quantitative estimate of drug-likeness (QED) is 0.484. The second-order valence-corrected chi connectivity index (χ2v) is 7.43. The van der Waals surface area contributed by atoms with Gasteiger partial charge in [0.15, 0.2) is 0 Å². The molecule has 1 aliphatic rings. The highest BCUT2D eigenvalue weighted by Crippen LogP contribution is 2.27. The summed E-state index contributed by atoms with van der Waals surface area (Å²) in [5.74, 6) is 1.19. The molecule has 1 atom stereocenters. The molecular weight excluding hydrogens is 362 g/mol. The minimum absolute atomic E-state index is 0.0544. The minimum atomic E-state index is -0.127. The number of aromatic amines is 1. The first-order valence-electron chi connectivity index (χ1n) is 8.97. The van der Waals surface area contributed by atoms with E-state index in [1.807, 2.05) is 18.3 Å². The number of carbonyl (C=O) groups is 1. The number of aromatic nitrogens is 2. The first kappa shape index (κ1) is 17.9. The van der Waals surface area contributed by atoms with Crippen molar-refractivity contribution in [3.8, 4) is 5.88 Å². The van der Waals surface area contributed by atoms with Crippen molar-refractivity contribution in [1.29, 1.82) is 0 Å². The van der Waals surface area contributed by atoms with Gasteiger partial charge in [-0.1, -0.05) is 18.2 Å². The van der Waals surface area contributed by atoms with E-state index in [9.17, 15) is 4.79 Å². The summed E-state index contributed by atoms with van der Waals surface area (Å²) in [5, 5.41) is 4.14. The fourth-order valence-electron chi connectivity index (χ4n) is 2.95. The van der Waals surface area contributed by atoms with Gasteiger partial charge in [0.2, 0.25) is 5.88 Å². The van der Waals surface area contributed by atoms with Crippen LogP contribution in [0.25, 0.3) is 10.9 Å². The molecule has 140 valence electrons. The smallest absolute Gasteiger partial charge is 0.252 e. The van der Waals surface area contributed by atoms with Gasteiger partial charge in [0.25, 0.3) is 5.91 Å². The lowest BCUT2D eigenvalue weighted by atomic mass is 10.2. The maximum Gasteiger partial charge on any atom is 0.252 e. The average Bonchev–Trinajstić information content (AvgIpc) is 3.36. The molecule has 4 rings (SSSR count). The van der Waals surface area contributed by atoms with Gasteiger partial charge in [-0.15, -0.1) is 11.8 Å². The first-order chi connectivity index (χ1) is 13.3. The Morgan fingerprint density at radius 3 is 3.07 bits per heavy atom. The highest BCUT2D eigenvalue weighted by atomic mass is 32.2. The van der Waals surface area contributed by atoms with E-state index in [-0.39, 0.29) is 12.0 Å². The third kappa shape index (κ3) is 4.43. The lowest BCUT2D eigenvalue weighted by molar-refractivity contribution is 0.0955. The highest BCUT2D eigenvalue weighted by Gasteiger charge is 2.17. The molecule has 0 radical (unpaired) electrons. The molecule has 1 amide bonds. The van der Waals surface area contributed by atoms with Crippen molar-refractivity contribution in [2.45, 2.75) is 17.4 Å². The molecule has 0 bridgehead atoms. The Bertz CT molecular complexity index is 904. The van der Waals surface area contributed by atoms with Gasteiger partial charge in [0.1, 0.15) is 6.10 Å². The number of carbonyl (C=O) groups excluding carboxylic acids is 1. The molecule has 2 N–H and O–H groups in total. The number of amides is 1. The van der Waals surface area contributed by atoms with Gasteiger partial charge in [-0.05, 0) is 12.1 Å². The summed E-state index contributed by atoms with van der Waals surface area (Å²) in [6.45, 7) is 1.90. The van der Waals surface area contributed by atoms with Crippen LogP contribution in [-0.2, 0) is 4.74 Å². The number of benzene rings is 1. The van der Waals surface area contributed by atoms with Gasteiger partial charge in [-0.2, -0.15) is 0 Å². The summed E-state index contributed by atoms with van der Waals surface area (Å²) in [5.41, 5.74) is 1.66. The molecule has 3 heterocycles. The number of H-pyrrole nitrogens is 1. The van der Waals surface area contributed by atoms with Crippen LogP contribution in [0.15, 0.2) is 53.7 Å². The van der Waals surface area contributed by atoms with Gasteiger partial charge < -0.3 is 19.8 Å². The molecular formula is C20H21N3O3S. The van der Waals surface area contributed by atoms with E-state index in [2.05, 4.69) is 27.4 Å². The molecule has 1 aliphatic heterocycles. The van der Waals surface area contributed by atoms with Crippen LogP contribution in [-0.4, -0.2) is 47.5 Å². The molecule has 0 spiro atoms. The molecule has 3 aromatic rings. The number of rotatable bonds is 7. The van der Waals surface area contributed by atoms with Crippen molar-refractivity contribution in [1.82, 2.24) is 15.3 Å². The van der Waals surface area contributed by atoms with E-state index in [0.717, 1.165) is 24.3 Å². The number of ether oxygens (including phenoxy) is 2. The Labute approximate surface area is 161 Å². The predicted molar refractivity (Wildman–Crippen MR) is 105 cm³/mol. The van der Waals surface area contributed by atoms with Crippen molar-refractivity contribution in [2.24, 2.45) is 0 Å². The summed E-state index contributed by atoms with van der Waals surface area (Å²) < 4.78 is 11.0. The van der Waals surface area contributed by atoms with E-state index in [1.165, 1.54) is 10.3 Å². The van der Waals surface area contributed by atoms with Gasteiger partial charge in [0.05, 0.1) is 18.8 Å². The number of nitrogens with one attached hydrogen (secondary N) is 2. The Balaban J connectivity index is 1.24. The van der Waals surface area contributed by atoms with Crippen LogP contribution in [0.3, 0.4) is 0 Å². The summed E-state index contributed by atoms with van der Waals surface area (Å²) >= 11 is 1.72. The van der Waals surface area contributed by atoms with Crippen LogP contribution in [0.1, 0.15) is 16.8 Å². The van der Waals surface area contributed by atoms with Gasteiger partial charge in [0, 0.05) is 53.0 Å². The summed E-state index contributed by atoms with van der Waals surface area (Å²) in [7, 11) is 0. The van der Waals surface area contributed by atoms with E-state index in [1.54, 1.807) is 30.1 Å². The van der Waals surface area contributed by atoms with E-state index >= 15 is 0 Å². The van der Waals surface area contributed by atoms with E-state index in [0.29, 0.717) is 24.6 Å². The summed E-state index contributed by atoms with van der Waals surface area (Å²) in [4.78, 5) is 20.9. The largest absolute Gasteiger partial charge is 0.472 e. The summed E-state index contributed by atoms with van der Waals surface area (Å²) in [6.07, 6.45) is 4.49. The molecule has 1 fully saturated rings. The number of fused-ring (bicyclic) bond motifs is 1.